The van der Waals surface area contributed by atoms with Crippen LogP contribution in [0.5, 0.6) is 0 Å². The molecule has 156 valence electrons. The Balaban J connectivity index is 1.80. The number of carbonyl (C=O) groups excluding carboxylic acids is 1. The quantitative estimate of drug-likeness (QED) is 0.761. The summed E-state index contributed by atoms with van der Waals surface area (Å²) in [6.07, 6.45) is -6.32. The molecule has 1 amide bonds. The van der Waals surface area contributed by atoms with E-state index in [0.29, 0.717) is 25.2 Å². The van der Waals surface area contributed by atoms with Crippen molar-refractivity contribution in [2.24, 2.45) is 5.92 Å². The molecule has 10 heteroatoms. The maximum atomic E-state index is 13.0. The zero-order valence-electron chi connectivity index (χ0n) is 14.8. The van der Waals surface area contributed by atoms with Gasteiger partial charge in [-0.1, -0.05) is 0 Å². The molecule has 2 atom stereocenters. The van der Waals surface area contributed by atoms with Gasteiger partial charge < -0.3 is 10.1 Å². The van der Waals surface area contributed by atoms with E-state index in [1.807, 2.05) is 0 Å². The van der Waals surface area contributed by atoms with Gasteiger partial charge in [0, 0.05) is 23.9 Å². The van der Waals surface area contributed by atoms with E-state index in [1.54, 1.807) is 24.5 Å². The van der Waals surface area contributed by atoms with E-state index in [0.717, 1.165) is 5.56 Å². The van der Waals surface area contributed by atoms with Gasteiger partial charge in [0.25, 0.3) is 5.91 Å². The lowest BCUT2D eigenvalue weighted by Gasteiger charge is -2.20. The van der Waals surface area contributed by atoms with Crippen molar-refractivity contribution in [3.63, 3.8) is 0 Å². The maximum Gasteiger partial charge on any atom is 0.416 e. The maximum absolute atomic E-state index is 13.0. The predicted octanol–water partition coefficient (Wildman–Crippen LogP) is 4.11. The summed E-state index contributed by atoms with van der Waals surface area (Å²) >= 11 is 0. The SMILES string of the molecule is O=C(N[C@@H]1COC[C@H]1Cc1ccncc1)c1cc(C(F)(F)F)cc(C(F)(F)F)c1. The molecule has 1 saturated heterocycles. The van der Waals surface area contributed by atoms with E-state index in [2.05, 4.69) is 10.3 Å². The Bertz CT molecular complexity index is 835. The topological polar surface area (TPSA) is 51.2 Å². The van der Waals surface area contributed by atoms with Gasteiger partial charge in [-0.2, -0.15) is 26.3 Å². The van der Waals surface area contributed by atoms with E-state index in [9.17, 15) is 31.1 Å². The first-order chi connectivity index (χ1) is 13.5. The highest BCUT2D eigenvalue weighted by molar-refractivity contribution is 5.95. The number of carbonyl (C=O) groups is 1. The number of rotatable bonds is 4. The van der Waals surface area contributed by atoms with Crippen LogP contribution < -0.4 is 5.32 Å². The zero-order valence-corrected chi connectivity index (χ0v) is 14.8. The van der Waals surface area contributed by atoms with Gasteiger partial charge in [-0.3, -0.25) is 9.78 Å². The summed E-state index contributed by atoms with van der Waals surface area (Å²) in [7, 11) is 0. The van der Waals surface area contributed by atoms with Crippen molar-refractivity contribution in [2.45, 2.75) is 24.8 Å². The van der Waals surface area contributed by atoms with E-state index < -0.39 is 41.0 Å². The lowest BCUT2D eigenvalue weighted by atomic mass is 9.95. The van der Waals surface area contributed by atoms with Crippen LogP contribution in [0.4, 0.5) is 26.3 Å². The third kappa shape index (κ3) is 5.26. The number of nitrogens with one attached hydrogen (secondary N) is 1. The van der Waals surface area contributed by atoms with Crippen LogP contribution in [0, 0.1) is 5.92 Å². The molecule has 1 aromatic carbocycles. The molecule has 1 N–H and O–H groups in total. The van der Waals surface area contributed by atoms with Crippen LogP contribution in [0.3, 0.4) is 0 Å². The summed E-state index contributed by atoms with van der Waals surface area (Å²) in [5.74, 6) is -1.19. The van der Waals surface area contributed by atoms with E-state index >= 15 is 0 Å². The molecule has 2 heterocycles. The number of benzene rings is 1. The molecule has 0 saturated carbocycles. The molecular formula is C19H16F6N2O2. The molecule has 0 bridgehead atoms. The van der Waals surface area contributed by atoms with Crippen molar-refractivity contribution < 1.29 is 35.9 Å². The van der Waals surface area contributed by atoms with Gasteiger partial charge in [0.2, 0.25) is 0 Å². The monoisotopic (exact) mass is 418 g/mol. The third-order valence-electron chi connectivity index (χ3n) is 4.61. The number of pyridine rings is 1. The standard InChI is InChI=1S/C19H16F6N2O2/c20-18(21,22)14-6-12(7-15(8-14)19(23,24)25)17(28)27-16-10-29-9-13(16)5-11-1-3-26-4-2-11/h1-4,6-8,13,16H,5,9-10H2,(H,27,28)/t13-,16-/m1/s1. The highest BCUT2D eigenvalue weighted by atomic mass is 19.4. The minimum atomic E-state index is -5.02. The second kappa shape index (κ2) is 8.02. The highest BCUT2D eigenvalue weighted by Gasteiger charge is 2.38. The Morgan fingerprint density at radius 3 is 2.14 bits per heavy atom. The molecule has 29 heavy (non-hydrogen) atoms. The fourth-order valence-corrected chi connectivity index (χ4v) is 3.12. The normalized spacial score (nSPS) is 19.9. The number of ether oxygens (including phenoxy) is 1. The molecule has 4 nitrogen and oxygen atoms in total. The van der Waals surface area contributed by atoms with Crippen molar-refractivity contribution in [2.75, 3.05) is 13.2 Å². The van der Waals surface area contributed by atoms with Crippen LogP contribution in [-0.4, -0.2) is 30.1 Å². The van der Waals surface area contributed by atoms with E-state index in [-0.39, 0.29) is 18.6 Å². The van der Waals surface area contributed by atoms with Crippen LogP contribution >= 0.6 is 0 Å². The lowest BCUT2D eigenvalue weighted by molar-refractivity contribution is -0.143. The van der Waals surface area contributed by atoms with Gasteiger partial charge in [-0.05, 0) is 42.3 Å². The lowest BCUT2D eigenvalue weighted by Crippen LogP contribution is -2.40. The summed E-state index contributed by atoms with van der Waals surface area (Å²) in [6.45, 7) is 0.427. The first kappa shape index (κ1) is 21.1. The largest absolute Gasteiger partial charge is 0.416 e. The second-order valence-electron chi connectivity index (χ2n) is 6.73. The van der Waals surface area contributed by atoms with E-state index in [1.165, 1.54) is 0 Å². The third-order valence-corrected chi connectivity index (χ3v) is 4.61. The molecule has 0 spiro atoms. The summed E-state index contributed by atoms with van der Waals surface area (Å²) in [5.41, 5.74) is -2.85. The van der Waals surface area contributed by atoms with Crippen LogP contribution in [0.15, 0.2) is 42.7 Å². The first-order valence-corrected chi connectivity index (χ1v) is 8.61. The molecule has 3 rings (SSSR count). The number of hydrogen-bond acceptors (Lipinski definition) is 3. The van der Waals surface area contributed by atoms with Crippen LogP contribution in [0.1, 0.15) is 27.0 Å². The molecule has 1 aliphatic heterocycles. The molecule has 2 aromatic rings. The number of amides is 1. The summed E-state index contributed by atoms with van der Waals surface area (Å²) in [5, 5.41) is 2.51. The fraction of sp³-hybridized carbons (Fsp3) is 0.368. The minimum absolute atomic E-state index is 0.0122. The van der Waals surface area contributed by atoms with E-state index in [4.69, 9.17) is 4.74 Å². The van der Waals surface area contributed by atoms with Crippen molar-refractivity contribution >= 4 is 5.91 Å². The van der Waals surface area contributed by atoms with Gasteiger partial charge in [0.05, 0.1) is 30.4 Å². The molecule has 1 aromatic heterocycles. The Morgan fingerprint density at radius 1 is 1.00 bits per heavy atom. The number of aromatic nitrogens is 1. The minimum Gasteiger partial charge on any atom is -0.379 e. The smallest absolute Gasteiger partial charge is 0.379 e. The highest BCUT2D eigenvalue weighted by Crippen LogP contribution is 2.36. The molecular weight excluding hydrogens is 402 g/mol. The number of halogens is 6. The van der Waals surface area contributed by atoms with Crippen molar-refractivity contribution in [3.8, 4) is 0 Å². The number of hydrogen-bond donors (Lipinski definition) is 1. The molecule has 1 aliphatic rings. The Morgan fingerprint density at radius 2 is 1.59 bits per heavy atom. The summed E-state index contributed by atoms with van der Waals surface area (Å²) in [6, 6.07) is 3.83. The van der Waals surface area contributed by atoms with Crippen LogP contribution in [0.2, 0.25) is 0 Å². The Labute approximate surface area is 161 Å². The number of nitrogens with zero attached hydrogens (tertiary/aromatic N) is 1. The average molecular weight is 418 g/mol. The Kier molecular flexibility index (Phi) is 5.83. The fourth-order valence-electron chi connectivity index (χ4n) is 3.12. The van der Waals surface area contributed by atoms with Crippen molar-refractivity contribution in [1.29, 1.82) is 0 Å². The molecule has 0 unspecified atom stereocenters. The van der Waals surface area contributed by atoms with Gasteiger partial charge >= 0.3 is 12.4 Å². The zero-order chi connectivity index (χ0) is 21.2. The molecule has 0 aliphatic carbocycles. The molecule has 1 fully saturated rings. The summed E-state index contributed by atoms with van der Waals surface area (Å²) < 4.78 is 83.3. The van der Waals surface area contributed by atoms with Gasteiger partial charge in [-0.15, -0.1) is 0 Å². The van der Waals surface area contributed by atoms with Gasteiger partial charge in [-0.25, -0.2) is 0 Å². The second-order valence-corrected chi connectivity index (χ2v) is 6.73. The molecule has 0 radical (unpaired) electrons. The average Bonchev–Trinajstić information content (AvgIpc) is 3.07. The van der Waals surface area contributed by atoms with Crippen LogP contribution in [-0.2, 0) is 23.5 Å². The number of alkyl halides is 6. The Hall–Kier alpha value is -2.62. The first-order valence-electron chi connectivity index (χ1n) is 8.61. The van der Waals surface area contributed by atoms with Gasteiger partial charge in [0.15, 0.2) is 0 Å². The predicted molar refractivity (Wildman–Crippen MR) is 90.0 cm³/mol. The van der Waals surface area contributed by atoms with Gasteiger partial charge in [0.1, 0.15) is 0 Å². The van der Waals surface area contributed by atoms with Crippen molar-refractivity contribution in [1.82, 2.24) is 10.3 Å². The van der Waals surface area contributed by atoms with Crippen LogP contribution in [0.25, 0.3) is 0 Å². The summed E-state index contributed by atoms with van der Waals surface area (Å²) in [4.78, 5) is 16.3. The van der Waals surface area contributed by atoms with Crippen molar-refractivity contribution in [3.05, 3.63) is 65.0 Å².